The number of anilines is 2. The Kier molecular flexibility index (Phi) is 7.41. The van der Waals surface area contributed by atoms with Crippen LogP contribution in [0.25, 0.3) is 0 Å². The van der Waals surface area contributed by atoms with Crippen LogP contribution < -0.4 is 16.2 Å². The van der Waals surface area contributed by atoms with Crippen molar-refractivity contribution in [2.75, 3.05) is 18.1 Å². The van der Waals surface area contributed by atoms with E-state index in [4.69, 9.17) is 20.9 Å². The number of ether oxygens (including phenoxy) is 2. The lowest BCUT2D eigenvalue weighted by Gasteiger charge is -2.09. The molecule has 0 unspecified atom stereocenters. The summed E-state index contributed by atoms with van der Waals surface area (Å²) in [6.07, 6.45) is 0.462. The zero-order valence-corrected chi connectivity index (χ0v) is 19.3. The van der Waals surface area contributed by atoms with E-state index in [9.17, 15) is 14.4 Å². The van der Waals surface area contributed by atoms with Gasteiger partial charge in [0, 0.05) is 28.9 Å². The number of rotatable bonds is 8. The molecule has 7 nitrogen and oxygen atoms in total. The van der Waals surface area contributed by atoms with Crippen molar-refractivity contribution in [2.45, 2.75) is 6.42 Å². The fourth-order valence-corrected chi connectivity index (χ4v) is 3.52. The molecule has 0 heterocycles. The first-order chi connectivity index (χ1) is 17.4. The Labute approximate surface area is 208 Å². The molecule has 0 aliphatic rings. The van der Waals surface area contributed by atoms with Gasteiger partial charge in [0.05, 0.1) is 17.7 Å². The van der Waals surface area contributed by atoms with Gasteiger partial charge in [-0.25, -0.2) is 9.59 Å². The van der Waals surface area contributed by atoms with Crippen LogP contribution in [0.1, 0.15) is 42.2 Å². The first-order valence-electron chi connectivity index (χ1n) is 11.2. The van der Waals surface area contributed by atoms with Gasteiger partial charge in [-0.2, -0.15) is 0 Å². The van der Waals surface area contributed by atoms with Gasteiger partial charge in [-0.15, -0.1) is 0 Å². The highest BCUT2D eigenvalue weighted by atomic mass is 16.5. The third-order valence-corrected chi connectivity index (χ3v) is 5.49. The lowest BCUT2D eigenvalue weighted by molar-refractivity contribution is 0.0509. The third-order valence-electron chi connectivity index (χ3n) is 5.49. The summed E-state index contributed by atoms with van der Waals surface area (Å²) in [5, 5.41) is 0. The van der Waals surface area contributed by atoms with E-state index in [0.29, 0.717) is 40.0 Å². The van der Waals surface area contributed by atoms with E-state index in [1.807, 2.05) is 6.07 Å². The summed E-state index contributed by atoms with van der Waals surface area (Å²) < 4.78 is 10.7. The summed E-state index contributed by atoms with van der Waals surface area (Å²) in [5.41, 5.74) is 15.2. The van der Waals surface area contributed by atoms with Gasteiger partial charge in [-0.05, 0) is 54.1 Å². The molecule has 4 aromatic rings. The highest BCUT2D eigenvalue weighted by molar-refractivity contribution is 6.09. The molecule has 0 radical (unpaired) electrons. The van der Waals surface area contributed by atoms with Gasteiger partial charge >= 0.3 is 11.9 Å². The second kappa shape index (κ2) is 11.0. The second-order valence-electron chi connectivity index (χ2n) is 8.03. The maximum absolute atomic E-state index is 12.5. The van der Waals surface area contributed by atoms with Crippen LogP contribution in [0.4, 0.5) is 11.4 Å². The quantitative estimate of drug-likeness (QED) is 0.162. The molecule has 4 rings (SSSR count). The molecular weight excluding hydrogens is 456 g/mol. The first kappa shape index (κ1) is 24.2. The van der Waals surface area contributed by atoms with Crippen LogP contribution in [0.2, 0.25) is 0 Å². The molecule has 0 fully saturated rings. The van der Waals surface area contributed by atoms with Gasteiger partial charge in [-0.3, -0.25) is 4.79 Å². The molecular formula is C29H24N2O5. The maximum atomic E-state index is 12.5. The Bertz CT molecular complexity index is 1380. The Morgan fingerprint density at radius 1 is 0.639 bits per heavy atom. The predicted octanol–water partition coefficient (Wildman–Crippen LogP) is 4.70. The lowest BCUT2D eigenvalue weighted by atomic mass is 10.0. The Hall–Kier alpha value is -4.91. The predicted molar refractivity (Wildman–Crippen MR) is 137 cm³/mol. The molecule has 0 aliphatic heterocycles. The Morgan fingerprint density at radius 2 is 1.22 bits per heavy atom. The summed E-state index contributed by atoms with van der Waals surface area (Å²) in [7, 11) is 0. The number of hydrogen-bond donors (Lipinski definition) is 2. The maximum Gasteiger partial charge on any atom is 0.343 e. The van der Waals surface area contributed by atoms with Crippen LogP contribution in [0.5, 0.6) is 5.75 Å². The van der Waals surface area contributed by atoms with Crippen LogP contribution in [0.3, 0.4) is 0 Å². The summed E-state index contributed by atoms with van der Waals surface area (Å²) in [5.74, 6) is -0.934. The highest BCUT2D eigenvalue weighted by Crippen LogP contribution is 2.18. The fraction of sp³-hybridized carbons (Fsp3) is 0.0690. The van der Waals surface area contributed by atoms with Gasteiger partial charge in [0.15, 0.2) is 5.78 Å². The second-order valence-corrected chi connectivity index (χ2v) is 8.03. The van der Waals surface area contributed by atoms with Crippen molar-refractivity contribution in [3.63, 3.8) is 0 Å². The number of nitrogen functional groups attached to an aromatic ring is 2. The monoisotopic (exact) mass is 480 g/mol. The molecule has 4 N–H and O–H groups in total. The molecule has 4 aromatic carbocycles. The van der Waals surface area contributed by atoms with Crippen molar-refractivity contribution in [1.29, 1.82) is 0 Å². The van der Waals surface area contributed by atoms with E-state index in [1.165, 1.54) is 36.4 Å². The minimum absolute atomic E-state index is 0.130. The minimum atomic E-state index is -0.579. The van der Waals surface area contributed by atoms with Crippen LogP contribution in [-0.4, -0.2) is 24.3 Å². The highest BCUT2D eigenvalue weighted by Gasteiger charge is 2.13. The van der Waals surface area contributed by atoms with Gasteiger partial charge in [0.2, 0.25) is 0 Å². The molecule has 0 amide bonds. The number of ketones is 1. The Balaban J connectivity index is 1.30. The summed E-state index contributed by atoms with van der Waals surface area (Å²) in [4.78, 5) is 37.3. The Morgan fingerprint density at radius 3 is 1.89 bits per heavy atom. The van der Waals surface area contributed by atoms with E-state index >= 15 is 0 Å². The van der Waals surface area contributed by atoms with E-state index in [1.54, 1.807) is 54.6 Å². The summed E-state index contributed by atoms with van der Waals surface area (Å²) in [6, 6.07) is 26.4. The van der Waals surface area contributed by atoms with Gasteiger partial charge < -0.3 is 20.9 Å². The summed E-state index contributed by atoms with van der Waals surface area (Å²) >= 11 is 0. The van der Waals surface area contributed by atoms with Crippen molar-refractivity contribution in [1.82, 2.24) is 0 Å². The first-order valence-corrected chi connectivity index (χ1v) is 11.2. The number of carbonyl (C=O) groups is 3. The fourth-order valence-electron chi connectivity index (χ4n) is 3.52. The molecule has 7 heteroatoms. The van der Waals surface area contributed by atoms with E-state index in [0.717, 1.165) is 5.56 Å². The van der Waals surface area contributed by atoms with E-state index in [2.05, 4.69) is 0 Å². The summed E-state index contributed by atoms with van der Waals surface area (Å²) in [6.45, 7) is 0.159. The molecule has 0 bridgehead atoms. The molecule has 0 spiro atoms. The van der Waals surface area contributed by atoms with Gasteiger partial charge in [-0.1, -0.05) is 48.5 Å². The molecule has 0 saturated heterocycles. The zero-order valence-electron chi connectivity index (χ0n) is 19.3. The number of esters is 2. The number of nitrogens with two attached hydrogens (primary N) is 2. The molecule has 0 aliphatic carbocycles. The zero-order chi connectivity index (χ0) is 25.5. The van der Waals surface area contributed by atoms with Crippen molar-refractivity contribution in [2.24, 2.45) is 0 Å². The van der Waals surface area contributed by atoms with E-state index < -0.39 is 11.9 Å². The number of hydrogen-bond acceptors (Lipinski definition) is 7. The largest absolute Gasteiger partial charge is 0.462 e. The van der Waals surface area contributed by atoms with Crippen molar-refractivity contribution >= 4 is 29.1 Å². The molecule has 180 valence electrons. The molecule has 0 saturated carbocycles. The van der Waals surface area contributed by atoms with Crippen molar-refractivity contribution in [3.8, 4) is 5.75 Å². The molecule has 0 aromatic heterocycles. The number of carbonyl (C=O) groups excluding carboxylic acids is 3. The normalized spacial score (nSPS) is 10.4. The van der Waals surface area contributed by atoms with Crippen molar-refractivity contribution < 1.29 is 23.9 Å². The average Bonchev–Trinajstić information content (AvgIpc) is 2.90. The van der Waals surface area contributed by atoms with Gasteiger partial charge in [0.25, 0.3) is 0 Å². The SMILES string of the molecule is Nc1ccc(CCOC(=O)c2ccc(OC(=O)c3ccc(C(=O)c4ccccc4)cc3)cc2)c(N)c1. The van der Waals surface area contributed by atoms with Crippen LogP contribution in [-0.2, 0) is 11.2 Å². The number of benzene rings is 4. The third kappa shape index (κ3) is 5.95. The lowest BCUT2D eigenvalue weighted by Crippen LogP contribution is -2.11. The smallest absolute Gasteiger partial charge is 0.343 e. The van der Waals surface area contributed by atoms with Gasteiger partial charge in [0.1, 0.15) is 5.75 Å². The average molecular weight is 481 g/mol. The van der Waals surface area contributed by atoms with Crippen LogP contribution in [0.15, 0.2) is 97.1 Å². The van der Waals surface area contributed by atoms with Crippen LogP contribution in [0, 0.1) is 0 Å². The topological polar surface area (TPSA) is 122 Å². The van der Waals surface area contributed by atoms with Crippen LogP contribution >= 0.6 is 0 Å². The minimum Gasteiger partial charge on any atom is -0.462 e. The van der Waals surface area contributed by atoms with E-state index in [-0.39, 0.29) is 18.1 Å². The molecule has 36 heavy (non-hydrogen) atoms. The van der Waals surface area contributed by atoms with Crippen molar-refractivity contribution in [3.05, 3.63) is 125 Å². The molecule has 0 atom stereocenters. The standard InChI is InChI=1S/C29H24N2O5/c30-24-13-10-19(26(31)18-24)16-17-35-28(33)22-11-14-25(15-12-22)36-29(34)23-8-6-21(7-9-23)27(32)20-4-2-1-3-5-20/h1-15,18H,16-17,30-31H2.